The molecule has 0 saturated heterocycles. The molecule has 0 aliphatic rings. The second-order valence-electron chi connectivity index (χ2n) is 1.26. The first kappa shape index (κ1) is 8.87. The molecule has 0 radical (unpaired) electrons. The second kappa shape index (κ2) is 4.72. The summed E-state index contributed by atoms with van der Waals surface area (Å²) in [5.41, 5.74) is -0.584. The quantitative estimate of drug-likeness (QED) is 0.539. The predicted octanol–water partition coefficient (Wildman–Crippen LogP) is 2.21. The SMILES string of the molecule is CC[SiH](Br)[SiH](Br)Br. The highest BCUT2D eigenvalue weighted by Gasteiger charge is 2.12. The van der Waals surface area contributed by atoms with E-state index in [0.717, 1.165) is 0 Å². The number of rotatable bonds is 2. The normalized spacial score (nSPS) is 15.0. The van der Waals surface area contributed by atoms with Gasteiger partial charge in [0, 0.05) is 0 Å². The summed E-state index contributed by atoms with van der Waals surface area (Å²) in [5.74, 6) is 0. The summed E-state index contributed by atoms with van der Waals surface area (Å²) in [6.07, 6.45) is 0. The second-order valence-corrected chi connectivity index (χ2v) is 30.1. The van der Waals surface area contributed by atoms with Crippen molar-refractivity contribution in [2.75, 3.05) is 0 Å². The molecule has 0 aromatic rings. The monoisotopic (exact) mass is 324 g/mol. The highest BCUT2D eigenvalue weighted by Crippen LogP contribution is 2.14. The molecular weight excluding hydrogens is 320 g/mol. The summed E-state index contributed by atoms with van der Waals surface area (Å²) >= 11 is 10.8. The van der Waals surface area contributed by atoms with Gasteiger partial charge in [0.25, 0.3) is 0 Å². The number of hydrogen-bond donors (Lipinski definition) is 0. The van der Waals surface area contributed by atoms with Crippen molar-refractivity contribution >= 4 is 58.4 Å². The fourth-order valence-corrected chi connectivity index (χ4v) is 8.33. The average Bonchev–Trinajstić information content (AvgIpc) is 1.65. The van der Waals surface area contributed by atoms with E-state index in [1.54, 1.807) is 0 Å². The molecule has 0 aromatic carbocycles. The minimum absolute atomic E-state index is 0.470. The lowest BCUT2D eigenvalue weighted by molar-refractivity contribution is 1.47. The van der Waals surface area contributed by atoms with E-state index in [0.29, 0.717) is 0 Å². The third-order valence-electron chi connectivity index (χ3n) is 0.663. The summed E-state index contributed by atoms with van der Waals surface area (Å²) in [7, 11) is 0. The molecule has 0 amide bonds. The maximum Gasteiger partial charge on any atom is 0.186 e. The van der Waals surface area contributed by atoms with Gasteiger partial charge in [-0.05, 0) is 0 Å². The van der Waals surface area contributed by atoms with Gasteiger partial charge >= 0.3 is 0 Å². The molecule has 0 rings (SSSR count). The van der Waals surface area contributed by atoms with Crippen molar-refractivity contribution in [3.05, 3.63) is 0 Å². The Morgan fingerprint density at radius 3 is 1.71 bits per heavy atom. The molecule has 7 heavy (non-hydrogen) atoms. The molecule has 0 aromatic heterocycles. The van der Waals surface area contributed by atoms with E-state index < -0.39 is 12.5 Å². The summed E-state index contributed by atoms with van der Waals surface area (Å²) in [6.45, 7) is 1.76. The molecule has 1 atom stereocenters. The smallest absolute Gasteiger partial charge is 0.132 e. The molecule has 0 spiro atoms. The van der Waals surface area contributed by atoms with Gasteiger partial charge in [0.1, 0.15) is 6.93 Å². The van der Waals surface area contributed by atoms with Crippen LogP contribution in [-0.4, -0.2) is 12.5 Å². The third-order valence-corrected chi connectivity index (χ3v) is 36.0. The molecule has 0 bridgehead atoms. The van der Waals surface area contributed by atoms with Crippen LogP contribution in [0.4, 0.5) is 0 Å². The first-order chi connectivity index (χ1) is 3.18. The lowest BCUT2D eigenvalue weighted by Gasteiger charge is -2.00. The Morgan fingerprint density at radius 2 is 1.71 bits per heavy atom. The van der Waals surface area contributed by atoms with Crippen LogP contribution in [0.25, 0.3) is 0 Å². The highest BCUT2D eigenvalue weighted by molar-refractivity contribution is 9.54. The van der Waals surface area contributed by atoms with Crippen molar-refractivity contribution in [1.29, 1.82) is 0 Å². The van der Waals surface area contributed by atoms with Crippen LogP contribution in [0.5, 0.6) is 0 Å². The topological polar surface area (TPSA) is 0 Å². The highest BCUT2D eigenvalue weighted by atomic mass is 79.9. The Morgan fingerprint density at radius 1 is 1.29 bits per heavy atom. The van der Waals surface area contributed by atoms with E-state index in [1.165, 1.54) is 6.04 Å². The van der Waals surface area contributed by atoms with Gasteiger partial charge in [-0.15, -0.1) is 45.9 Å². The van der Waals surface area contributed by atoms with Crippen LogP contribution < -0.4 is 0 Å². The van der Waals surface area contributed by atoms with Crippen LogP contribution in [0.2, 0.25) is 6.04 Å². The Bertz CT molecular complexity index is 48.2. The van der Waals surface area contributed by atoms with Crippen LogP contribution in [0.3, 0.4) is 0 Å². The van der Waals surface area contributed by atoms with Crippen LogP contribution in [0, 0.1) is 0 Å². The van der Waals surface area contributed by atoms with Gasteiger partial charge in [-0.25, -0.2) is 0 Å². The van der Waals surface area contributed by atoms with Crippen molar-refractivity contribution in [2.24, 2.45) is 0 Å². The molecule has 5 heteroatoms. The molecule has 0 nitrogen and oxygen atoms in total. The van der Waals surface area contributed by atoms with Crippen LogP contribution in [0.1, 0.15) is 6.92 Å². The van der Waals surface area contributed by atoms with Crippen LogP contribution in [-0.2, 0) is 0 Å². The van der Waals surface area contributed by atoms with Crippen molar-refractivity contribution < 1.29 is 0 Å². The van der Waals surface area contributed by atoms with Crippen LogP contribution >= 0.6 is 45.9 Å². The predicted molar refractivity (Wildman–Crippen MR) is 51.6 cm³/mol. The Kier molecular flexibility index (Phi) is 5.99. The van der Waals surface area contributed by atoms with Gasteiger partial charge < -0.3 is 0 Å². The van der Waals surface area contributed by atoms with Gasteiger partial charge in [0.2, 0.25) is 0 Å². The van der Waals surface area contributed by atoms with Gasteiger partial charge in [-0.2, -0.15) is 0 Å². The number of halogens is 3. The third kappa shape index (κ3) is 4.38. The minimum atomic E-state index is -0.584. The fourth-order valence-electron chi connectivity index (χ4n) is 0.178. The lowest BCUT2D eigenvalue weighted by Crippen LogP contribution is -2.15. The van der Waals surface area contributed by atoms with Gasteiger partial charge in [0.15, 0.2) is 5.55 Å². The zero-order valence-electron chi connectivity index (χ0n) is 4.00. The van der Waals surface area contributed by atoms with E-state index >= 15 is 0 Å². The summed E-state index contributed by atoms with van der Waals surface area (Å²) in [4.78, 5) is 0. The maximum absolute atomic E-state index is 3.65. The van der Waals surface area contributed by atoms with Gasteiger partial charge in [0.05, 0.1) is 0 Å². The molecule has 1 unspecified atom stereocenters. The standard InChI is InChI=1S/C2H7Br3Si2/c1-2-6(3)7(4)5/h6-7H,2H2,1H3. The summed E-state index contributed by atoms with van der Waals surface area (Å²) in [6, 6.07) is 1.34. The summed E-state index contributed by atoms with van der Waals surface area (Å²) < 4.78 is 0. The molecule has 44 valence electrons. The van der Waals surface area contributed by atoms with Crippen LogP contribution in [0.15, 0.2) is 0 Å². The van der Waals surface area contributed by atoms with E-state index in [-0.39, 0.29) is 0 Å². The van der Waals surface area contributed by atoms with Crippen molar-refractivity contribution in [3.63, 3.8) is 0 Å². The first-order valence-electron chi connectivity index (χ1n) is 2.10. The molecule has 0 heterocycles. The largest absolute Gasteiger partial charge is 0.186 e. The van der Waals surface area contributed by atoms with E-state index in [9.17, 15) is 0 Å². The molecule has 0 aliphatic carbocycles. The molecule has 0 saturated carbocycles. The van der Waals surface area contributed by atoms with Crippen molar-refractivity contribution in [1.82, 2.24) is 0 Å². The van der Waals surface area contributed by atoms with E-state index in [1.807, 2.05) is 0 Å². The fraction of sp³-hybridized carbons (Fsp3) is 1.00. The Balaban J connectivity index is 3.14. The summed E-state index contributed by atoms with van der Waals surface area (Å²) in [5, 5.41) is 0. The maximum atomic E-state index is 3.65. The van der Waals surface area contributed by atoms with Crippen molar-refractivity contribution in [3.8, 4) is 0 Å². The molecular formula is C2H7Br3Si2. The van der Waals surface area contributed by atoms with Crippen molar-refractivity contribution in [2.45, 2.75) is 13.0 Å². The average molecular weight is 327 g/mol. The van der Waals surface area contributed by atoms with E-state index in [4.69, 9.17) is 0 Å². The molecule has 0 fully saturated rings. The Labute approximate surface area is 70.8 Å². The number of hydrogen-bond acceptors (Lipinski definition) is 0. The lowest BCUT2D eigenvalue weighted by atomic mass is 11.0. The minimum Gasteiger partial charge on any atom is -0.132 e. The Hall–Kier alpha value is 1.87. The van der Waals surface area contributed by atoms with E-state index in [2.05, 4.69) is 52.8 Å². The first-order valence-corrected chi connectivity index (χ1v) is 15.1. The zero-order chi connectivity index (χ0) is 5.86. The van der Waals surface area contributed by atoms with Gasteiger partial charge in [-0.1, -0.05) is 13.0 Å². The van der Waals surface area contributed by atoms with Gasteiger partial charge in [-0.3, -0.25) is 0 Å². The molecule has 0 N–H and O–H groups in total. The zero-order valence-corrected chi connectivity index (χ0v) is 11.1. The molecule has 0 aliphatic heterocycles.